The Morgan fingerprint density at radius 1 is 1.50 bits per heavy atom. The topological polar surface area (TPSA) is 37.4 Å². The number of halogens is 1. The molecule has 0 bridgehead atoms. The predicted molar refractivity (Wildman–Crippen MR) is 50.9 cm³/mol. The van der Waals surface area contributed by atoms with Crippen molar-refractivity contribution in [3.05, 3.63) is 0 Å². The van der Waals surface area contributed by atoms with E-state index in [0.29, 0.717) is 0 Å². The molecule has 0 N–H and O–H groups in total. The number of nitrogens with zero attached hydrogens (tertiary/aromatic N) is 1. The van der Waals surface area contributed by atoms with Crippen molar-refractivity contribution < 1.29 is 30.8 Å². The number of alkyl halides is 1. The summed E-state index contributed by atoms with van der Waals surface area (Å²) in [5.41, 5.74) is 0. The SMILES string of the molecule is CC(C)(C)[I-]C(=O)N1CCCC1C=O. The Bertz CT molecular complexity index is 235. The summed E-state index contributed by atoms with van der Waals surface area (Å²) in [4.78, 5) is 24.3. The standard InChI is InChI=1S/C10H17INO2/c1-10(2,3)11-9(14)12-6-4-5-8(12)7-13/h7-8H,4-6H2,1-3H3/q-1. The van der Waals surface area contributed by atoms with Gasteiger partial charge in [-0.3, -0.25) is 0 Å². The molecule has 1 atom stereocenters. The van der Waals surface area contributed by atoms with Crippen molar-refractivity contribution in [2.24, 2.45) is 0 Å². The molecule has 1 aliphatic rings. The van der Waals surface area contributed by atoms with Crippen LogP contribution in [-0.4, -0.2) is 31.1 Å². The van der Waals surface area contributed by atoms with Gasteiger partial charge in [-0.25, -0.2) is 0 Å². The van der Waals surface area contributed by atoms with Crippen molar-refractivity contribution in [1.29, 1.82) is 0 Å². The average molecular weight is 310 g/mol. The zero-order chi connectivity index (χ0) is 10.8. The zero-order valence-corrected chi connectivity index (χ0v) is 11.1. The summed E-state index contributed by atoms with van der Waals surface area (Å²) in [6.45, 7) is 7.04. The van der Waals surface area contributed by atoms with E-state index in [0.717, 1.165) is 25.7 Å². The van der Waals surface area contributed by atoms with E-state index in [1.165, 1.54) is 0 Å². The van der Waals surface area contributed by atoms with Crippen LogP contribution in [0.25, 0.3) is 0 Å². The van der Waals surface area contributed by atoms with Crippen LogP contribution in [0.4, 0.5) is 4.79 Å². The molecule has 4 heteroatoms. The zero-order valence-electron chi connectivity index (χ0n) is 8.92. The third-order valence-electron chi connectivity index (χ3n) is 2.05. The third-order valence-corrected chi connectivity index (χ3v) is 4.75. The number of hydrogen-bond acceptors (Lipinski definition) is 2. The molecule has 1 aliphatic heterocycles. The number of likely N-dealkylation sites (tertiary alicyclic amines) is 1. The Balaban J connectivity index is 2.56. The first-order valence-corrected chi connectivity index (χ1v) is 7.01. The van der Waals surface area contributed by atoms with E-state index in [-0.39, 0.29) is 13.4 Å². The first kappa shape index (κ1) is 11.9. The van der Waals surface area contributed by atoms with Crippen LogP contribution in [-0.2, 0) is 4.79 Å². The Labute approximate surface area is 95.5 Å². The van der Waals surface area contributed by atoms with Crippen LogP contribution in [0, 0.1) is 0 Å². The molecule has 82 valence electrons. The van der Waals surface area contributed by atoms with E-state index in [2.05, 4.69) is 20.8 Å². The van der Waals surface area contributed by atoms with Crippen LogP contribution in [0.2, 0.25) is 0 Å². The second-order valence-electron chi connectivity index (χ2n) is 4.45. The van der Waals surface area contributed by atoms with Crippen molar-refractivity contribution in [3.63, 3.8) is 0 Å². The Morgan fingerprint density at radius 3 is 2.64 bits per heavy atom. The van der Waals surface area contributed by atoms with Gasteiger partial charge in [-0.1, -0.05) is 0 Å². The molecule has 0 aromatic heterocycles. The molecule has 3 nitrogen and oxygen atoms in total. The average Bonchev–Trinajstić information content (AvgIpc) is 2.47. The van der Waals surface area contributed by atoms with Crippen LogP contribution >= 0.6 is 0 Å². The fraction of sp³-hybridized carbons (Fsp3) is 0.800. The number of amides is 1. The van der Waals surface area contributed by atoms with Gasteiger partial charge in [-0.15, -0.1) is 0 Å². The first-order valence-electron chi connectivity index (χ1n) is 4.86. The van der Waals surface area contributed by atoms with Crippen molar-refractivity contribution in [2.45, 2.75) is 43.1 Å². The van der Waals surface area contributed by atoms with Gasteiger partial charge in [0.05, 0.1) is 0 Å². The molecule has 1 amide bonds. The van der Waals surface area contributed by atoms with Gasteiger partial charge in [0.1, 0.15) is 0 Å². The van der Waals surface area contributed by atoms with E-state index in [1.54, 1.807) is 4.90 Å². The molecule has 14 heavy (non-hydrogen) atoms. The quantitative estimate of drug-likeness (QED) is 0.208. The second kappa shape index (κ2) is 4.59. The van der Waals surface area contributed by atoms with Gasteiger partial charge < -0.3 is 0 Å². The summed E-state index contributed by atoms with van der Waals surface area (Å²) < 4.78 is 0.345. The molecule has 1 rings (SSSR count). The van der Waals surface area contributed by atoms with Crippen molar-refractivity contribution >= 4 is 10.2 Å². The molecule has 0 radical (unpaired) electrons. The molecule has 1 saturated heterocycles. The molecule has 0 saturated carbocycles. The number of carbonyl (C=O) groups excluding carboxylic acids is 2. The van der Waals surface area contributed by atoms with Crippen molar-refractivity contribution in [1.82, 2.24) is 4.90 Å². The number of carbonyl (C=O) groups is 2. The first-order chi connectivity index (χ1) is 6.44. The van der Waals surface area contributed by atoms with Crippen molar-refractivity contribution in [3.8, 4) is 0 Å². The fourth-order valence-electron chi connectivity index (χ4n) is 1.45. The van der Waals surface area contributed by atoms with Gasteiger partial charge in [-0.05, 0) is 0 Å². The van der Waals surface area contributed by atoms with Gasteiger partial charge >= 0.3 is 95.5 Å². The van der Waals surface area contributed by atoms with Crippen molar-refractivity contribution in [2.75, 3.05) is 6.54 Å². The van der Waals surface area contributed by atoms with E-state index in [9.17, 15) is 9.59 Å². The van der Waals surface area contributed by atoms with Crippen LogP contribution in [0.3, 0.4) is 0 Å². The van der Waals surface area contributed by atoms with E-state index >= 15 is 0 Å². The van der Waals surface area contributed by atoms with Crippen LogP contribution < -0.4 is 21.2 Å². The predicted octanol–water partition coefficient (Wildman–Crippen LogP) is -1.34. The van der Waals surface area contributed by atoms with Gasteiger partial charge in [-0.2, -0.15) is 0 Å². The molecule has 1 unspecified atom stereocenters. The molecular weight excluding hydrogens is 293 g/mol. The number of hydrogen-bond donors (Lipinski definition) is 0. The normalized spacial score (nSPS) is 22.8. The third kappa shape index (κ3) is 3.22. The summed E-state index contributed by atoms with van der Waals surface area (Å²) in [5, 5.41) is 0. The van der Waals surface area contributed by atoms with Crippen LogP contribution in [0.1, 0.15) is 33.6 Å². The maximum atomic E-state index is 11.8. The molecular formula is C10H17INO2-. The van der Waals surface area contributed by atoms with Crippen LogP contribution in [0.5, 0.6) is 0 Å². The molecule has 0 aromatic rings. The maximum absolute atomic E-state index is 11.8. The van der Waals surface area contributed by atoms with Gasteiger partial charge in [0, 0.05) is 0 Å². The summed E-state index contributed by atoms with van der Waals surface area (Å²) in [5.74, 6) is 0. The fourth-order valence-corrected chi connectivity index (χ4v) is 3.74. The van der Waals surface area contributed by atoms with Gasteiger partial charge in [0.25, 0.3) is 0 Å². The molecule has 1 fully saturated rings. The number of aldehydes is 1. The molecule has 0 aliphatic carbocycles. The van der Waals surface area contributed by atoms with Gasteiger partial charge in [0.2, 0.25) is 0 Å². The minimum atomic E-state index is -0.499. The summed E-state index contributed by atoms with van der Waals surface area (Å²) in [7, 11) is 0. The Kier molecular flexibility index (Phi) is 3.92. The second-order valence-corrected chi connectivity index (χ2v) is 9.15. The van der Waals surface area contributed by atoms with E-state index in [1.807, 2.05) is 0 Å². The van der Waals surface area contributed by atoms with E-state index < -0.39 is 21.2 Å². The van der Waals surface area contributed by atoms with Gasteiger partial charge in [0.15, 0.2) is 0 Å². The Morgan fingerprint density at radius 2 is 2.14 bits per heavy atom. The molecule has 0 spiro atoms. The van der Waals surface area contributed by atoms with Crippen LogP contribution in [0.15, 0.2) is 0 Å². The van der Waals surface area contributed by atoms with E-state index in [4.69, 9.17) is 0 Å². The summed E-state index contributed by atoms with van der Waals surface area (Å²) >= 11 is -0.499. The molecule has 0 aromatic carbocycles. The Hall–Kier alpha value is -0.130. The molecule has 1 heterocycles. The monoisotopic (exact) mass is 310 g/mol. The summed E-state index contributed by atoms with van der Waals surface area (Å²) in [6.07, 6.45) is 2.74. The summed E-state index contributed by atoms with van der Waals surface area (Å²) in [6, 6.07) is -0.135. The minimum absolute atomic E-state index is 0.117. The number of rotatable bonds is 2.